The van der Waals surface area contributed by atoms with Gasteiger partial charge in [0.2, 0.25) is 0 Å². The van der Waals surface area contributed by atoms with E-state index >= 15 is 0 Å². The molecule has 0 aliphatic rings. The van der Waals surface area contributed by atoms with E-state index in [0.717, 1.165) is 43.9 Å². The second kappa shape index (κ2) is 11.6. The van der Waals surface area contributed by atoms with Crippen molar-refractivity contribution >= 4 is 0 Å². The number of ether oxygens (including phenoxy) is 2. The molecule has 0 fully saturated rings. The van der Waals surface area contributed by atoms with Crippen LogP contribution >= 0.6 is 0 Å². The summed E-state index contributed by atoms with van der Waals surface area (Å²) in [5, 5.41) is 3.46. The number of para-hydroxylation sites is 1. The highest BCUT2D eigenvalue weighted by Gasteiger charge is 2.15. The second-order valence-electron chi connectivity index (χ2n) is 5.37. The lowest BCUT2D eigenvalue weighted by molar-refractivity contribution is 0.0484. The van der Waals surface area contributed by atoms with Gasteiger partial charge in [0, 0.05) is 18.7 Å². The summed E-state index contributed by atoms with van der Waals surface area (Å²) in [5.41, 5.74) is 1.14. The number of unbranched alkanes of at least 4 members (excludes halogenated alkanes) is 3. The van der Waals surface area contributed by atoms with Crippen molar-refractivity contribution in [3.63, 3.8) is 0 Å². The minimum atomic E-state index is 0.0642. The Kier molecular flexibility index (Phi) is 9.92. The predicted octanol–water partition coefficient (Wildman–Crippen LogP) is 4.33. The Morgan fingerprint density at radius 1 is 1.05 bits per heavy atom. The van der Waals surface area contributed by atoms with Crippen molar-refractivity contribution in [2.24, 2.45) is 0 Å². The van der Waals surface area contributed by atoms with Crippen LogP contribution in [0.5, 0.6) is 5.75 Å². The highest BCUT2D eigenvalue weighted by Crippen LogP contribution is 2.27. The third kappa shape index (κ3) is 6.96. The molecular weight excluding hydrogens is 262 g/mol. The highest BCUT2D eigenvalue weighted by molar-refractivity contribution is 5.35. The largest absolute Gasteiger partial charge is 0.496 e. The van der Waals surface area contributed by atoms with Crippen LogP contribution in [0.1, 0.15) is 57.6 Å². The number of methoxy groups -OCH3 is 1. The molecule has 0 spiro atoms. The molecule has 120 valence electrons. The van der Waals surface area contributed by atoms with Crippen LogP contribution in [0.4, 0.5) is 0 Å². The van der Waals surface area contributed by atoms with E-state index < -0.39 is 0 Å². The lowest BCUT2D eigenvalue weighted by atomic mass is 10.1. The molecule has 0 bridgehead atoms. The SMILES string of the molecule is CCCCCCOC(CNCCC)c1ccccc1OC. The van der Waals surface area contributed by atoms with Gasteiger partial charge in [-0.1, -0.05) is 51.3 Å². The molecule has 0 radical (unpaired) electrons. The summed E-state index contributed by atoms with van der Waals surface area (Å²) in [6.45, 7) is 7.08. The topological polar surface area (TPSA) is 30.5 Å². The van der Waals surface area contributed by atoms with Gasteiger partial charge in [-0.15, -0.1) is 0 Å². The predicted molar refractivity (Wildman–Crippen MR) is 89.0 cm³/mol. The van der Waals surface area contributed by atoms with Crippen molar-refractivity contribution in [2.45, 2.75) is 52.1 Å². The van der Waals surface area contributed by atoms with E-state index in [9.17, 15) is 0 Å². The fraction of sp³-hybridized carbons (Fsp3) is 0.667. The van der Waals surface area contributed by atoms with Gasteiger partial charge < -0.3 is 14.8 Å². The Labute approximate surface area is 130 Å². The Bertz CT molecular complexity index is 368. The smallest absolute Gasteiger partial charge is 0.124 e. The van der Waals surface area contributed by atoms with Crippen molar-refractivity contribution in [2.75, 3.05) is 26.8 Å². The van der Waals surface area contributed by atoms with Gasteiger partial charge in [-0.25, -0.2) is 0 Å². The average molecular weight is 293 g/mol. The van der Waals surface area contributed by atoms with Crippen LogP contribution in [0.25, 0.3) is 0 Å². The molecule has 3 heteroatoms. The summed E-state index contributed by atoms with van der Waals surface area (Å²) in [6, 6.07) is 8.15. The summed E-state index contributed by atoms with van der Waals surface area (Å²) < 4.78 is 11.6. The summed E-state index contributed by atoms with van der Waals surface area (Å²) in [6.07, 6.45) is 6.12. The summed E-state index contributed by atoms with van der Waals surface area (Å²) in [4.78, 5) is 0. The summed E-state index contributed by atoms with van der Waals surface area (Å²) in [5.74, 6) is 0.911. The first-order valence-corrected chi connectivity index (χ1v) is 8.28. The minimum Gasteiger partial charge on any atom is -0.496 e. The maximum atomic E-state index is 6.12. The molecule has 0 aliphatic heterocycles. The van der Waals surface area contributed by atoms with Crippen molar-refractivity contribution in [1.29, 1.82) is 0 Å². The van der Waals surface area contributed by atoms with E-state index in [1.54, 1.807) is 7.11 Å². The zero-order valence-electron chi connectivity index (χ0n) is 13.9. The van der Waals surface area contributed by atoms with Gasteiger partial charge in [0.05, 0.1) is 13.2 Å². The Hall–Kier alpha value is -1.06. The first-order valence-electron chi connectivity index (χ1n) is 8.28. The fourth-order valence-electron chi connectivity index (χ4n) is 2.36. The van der Waals surface area contributed by atoms with E-state index in [4.69, 9.17) is 9.47 Å². The van der Waals surface area contributed by atoms with Crippen LogP contribution in [0, 0.1) is 0 Å². The molecule has 0 heterocycles. The molecule has 3 nitrogen and oxygen atoms in total. The number of hydrogen-bond acceptors (Lipinski definition) is 3. The normalized spacial score (nSPS) is 12.3. The molecule has 0 aliphatic carbocycles. The van der Waals surface area contributed by atoms with Crippen LogP contribution in [0.15, 0.2) is 24.3 Å². The molecule has 21 heavy (non-hydrogen) atoms. The third-order valence-corrected chi connectivity index (χ3v) is 3.56. The molecule has 0 amide bonds. The second-order valence-corrected chi connectivity index (χ2v) is 5.37. The van der Waals surface area contributed by atoms with Gasteiger partial charge in [-0.2, -0.15) is 0 Å². The Morgan fingerprint density at radius 2 is 1.86 bits per heavy atom. The molecular formula is C18H31NO2. The molecule has 1 unspecified atom stereocenters. The quantitative estimate of drug-likeness (QED) is 0.582. The fourth-order valence-corrected chi connectivity index (χ4v) is 2.36. The zero-order valence-corrected chi connectivity index (χ0v) is 13.9. The number of benzene rings is 1. The lowest BCUT2D eigenvalue weighted by Crippen LogP contribution is -2.24. The molecule has 1 aromatic carbocycles. The van der Waals surface area contributed by atoms with E-state index in [1.165, 1.54) is 19.3 Å². The van der Waals surface area contributed by atoms with Gasteiger partial charge in [0.1, 0.15) is 5.75 Å². The zero-order chi connectivity index (χ0) is 15.3. The van der Waals surface area contributed by atoms with Gasteiger partial charge >= 0.3 is 0 Å². The summed E-state index contributed by atoms with van der Waals surface area (Å²) >= 11 is 0. The third-order valence-electron chi connectivity index (χ3n) is 3.56. The van der Waals surface area contributed by atoms with Crippen molar-refractivity contribution in [3.05, 3.63) is 29.8 Å². The monoisotopic (exact) mass is 293 g/mol. The summed E-state index contributed by atoms with van der Waals surface area (Å²) in [7, 11) is 1.72. The minimum absolute atomic E-state index is 0.0642. The van der Waals surface area contributed by atoms with Crippen molar-refractivity contribution < 1.29 is 9.47 Å². The standard InChI is InChI=1S/C18H31NO2/c1-4-6-7-10-14-21-18(15-19-13-5-2)16-11-8-9-12-17(16)20-3/h8-9,11-12,18-19H,4-7,10,13-15H2,1-3H3. The molecule has 1 rings (SSSR count). The molecule has 0 saturated carbocycles. The first kappa shape index (κ1) is 18.0. The molecule has 1 atom stereocenters. The number of rotatable bonds is 12. The van der Waals surface area contributed by atoms with E-state index in [2.05, 4.69) is 25.2 Å². The van der Waals surface area contributed by atoms with Crippen molar-refractivity contribution in [3.8, 4) is 5.75 Å². The molecule has 0 aromatic heterocycles. The maximum absolute atomic E-state index is 6.12. The van der Waals surface area contributed by atoms with E-state index in [1.807, 2.05) is 18.2 Å². The highest BCUT2D eigenvalue weighted by atomic mass is 16.5. The van der Waals surface area contributed by atoms with E-state index in [0.29, 0.717) is 0 Å². The molecule has 1 N–H and O–H groups in total. The average Bonchev–Trinajstić information content (AvgIpc) is 2.53. The molecule has 0 saturated heterocycles. The molecule has 1 aromatic rings. The maximum Gasteiger partial charge on any atom is 0.124 e. The van der Waals surface area contributed by atoms with Gasteiger partial charge in [-0.05, 0) is 25.5 Å². The van der Waals surface area contributed by atoms with Gasteiger partial charge in [0.15, 0.2) is 0 Å². The Morgan fingerprint density at radius 3 is 2.57 bits per heavy atom. The van der Waals surface area contributed by atoms with Crippen LogP contribution in [0.3, 0.4) is 0 Å². The van der Waals surface area contributed by atoms with Gasteiger partial charge in [-0.3, -0.25) is 0 Å². The number of hydrogen-bond donors (Lipinski definition) is 1. The Balaban J connectivity index is 2.58. The lowest BCUT2D eigenvalue weighted by Gasteiger charge is -2.21. The van der Waals surface area contributed by atoms with E-state index in [-0.39, 0.29) is 6.10 Å². The van der Waals surface area contributed by atoms with Crippen molar-refractivity contribution in [1.82, 2.24) is 5.32 Å². The van der Waals surface area contributed by atoms with Crippen LogP contribution in [-0.4, -0.2) is 26.8 Å². The van der Waals surface area contributed by atoms with Gasteiger partial charge in [0.25, 0.3) is 0 Å². The number of nitrogens with one attached hydrogen (secondary N) is 1. The first-order chi connectivity index (χ1) is 10.3. The van der Waals surface area contributed by atoms with Crippen LogP contribution < -0.4 is 10.1 Å². The van der Waals surface area contributed by atoms with Crippen LogP contribution in [0.2, 0.25) is 0 Å². The van der Waals surface area contributed by atoms with Crippen LogP contribution in [-0.2, 0) is 4.74 Å².